The number of nitriles is 1. The van der Waals surface area contributed by atoms with E-state index >= 15 is 0 Å². The zero-order valence-corrected chi connectivity index (χ0v) is 10.7. The van der Waals surface area contributed by atoms with E-state index in [1.165, 1.54) is 32.1 Å². The molecule has 1 N–H and O–H groups in total. The first-order valence-corrected chi connectivity index (χ1v) is 6.60. The van der Waals surface area contributed by atoms with E-state index in [0.717, 1.165) is 18.8 Å². The van der Waals surface area contributed by atoms with Gasteiger partial charge < -0.3 is 9.88 Å². The summed E-state index contributed by atoms with van der Waals surface area (Å²) >= 11 is 5.16. The van der Waals surface area contributed by atoms with Crippen molar-refractivity contribution < 1.29 is 0 Å². The Bertz CT molecular complexity index is 464. The van der Waals surface area contributed by atoms with E-state index in [9.17, 15) is 5.26 Å². The molecule has 3 nitrogen and oxygen atoms in total. The molecule has 2 rings (SSSR count). The Morgan fingerprint density at radius 2 is 1.82 bits per heavy atom. The van der Waals surface area contributed by atoms with Gasteiger partial charge in [-0.15, -0.1) is 0 Å². The zero-order chi connectivity index (χ0) is 12.1. The molecule has 4 heteroatoms. The van der Waals surface area contributed by atoms with E-state index in [1.807, 2.05) is 12.3 Å². The van der Waals surface area contributed by atoms with Crippen molar-refractivity contribution in [3.8, 4) is 6.07 Å². The molecule has 1 fully saturated rings. The summed E-state index contributed by atoms with van der Waals surface area (Å²) in [7, 11) is 0. The molecule has 1 aliphatic heterocycles. The average Bonchev–Trinajstić information content (AvgIpc) is 2.28. The van der Waals surface area contributed by atoms with Crippen LogP contribution in [0.1, 0.15) is 37.7 Å². The fraction of sp³-hybridized carbons (Fsp3) is 0.538. The molecule has 0 amide bonds. The van der Waals surface area contributed by atoms with Crippen LogP contribution in [0.15, 0.2) is 12.3 Å². The van der Waals surface area contributed by atoms with Crippen molar-refractivity contribution in [2.75, 3.05) is 18.0 Å². The summed E-state index contributed by atoms with van der Waals surface area (Å²) in [6.45, 7) is 2.07. The smallest absolute Gasteiger partial charge is 0.123 e. The lowest BCUT2D eigenvalue weighted by molar-refractivity contribution is 0.556. The first kappa shape index (κ1) is 12.1. The van der Waals surface area contributed by atoms with Crippen LogP contribution < -0.4 is 4.90 Å². The number of hydrogen-bond acceptors (Lipinski definition) is 3. The molecule has 0 saturated carbocycles. The minimum Gasteiger partial charge on any atom is -0.370 e. The maximum atomic E-state index is 9.19. The van der Waals surface area contributed by atoms with Crippen LogP contribution in [0.2, 0.25) is 0 Å². The van der Waals surface area contributed by atoms with Gasteiger partial charge >= 0.3 is 0 Å². The number of rotatable bonds is 1. The third-order valence-corrected chi connectivity index (χ3v) is 3.57. The van der Waals surface area contributed by atoms with Crippen molar-refractivity contribution in [2.24, 2.45) is 0 Å². The second kappa shape index (κ2) is 5.83. The molecular weight excluding hydrogens is 230 g/mol. The molecule has 0 aromatic carbocycles. The quantitative estimate of drug-likeness (QED) is 0.774. The minimum absolute atomic E-state index is 0.548. The molecule has 0 spiro atoms. The summed E-state index contributed by atoms with van der Waals surface area (Å²) in [6, 6.07) is 4.19. The van der Waals surface area contributed by atoms with Crippen molar-refractivity contribution >= 4 is 17.9 Å². The Morgan fingerprint density at radius 1 is 1.18 bits per heavy atom. The van der Waals surface area contributed by atoms with Crippen LogP contribution in [0.5, 0.6) is 0 Å². The summed E-state index contributed by atoms with van der Waals surface area (Å²) in [4.78, 5) is 5.23. The largest absolute Gasteiger partial charge is 0.370 e. The van der Waals surface area contributed by atoms with Gasteiger partial charge in [0, 0.05) is 19.3 Å². The van der Waals surface area contributed by atoms with E-state index in [2.05, 4.69) is 16.0 Å². The average molecular weight is 247 g/mol. The number of nitrogens with one attached hydrogen (secondary N) is 1. The number of anilines is 1. The third kappa shape index (κ3) is 2.86. The summed E-state index contributed by atoms with van der Waals surface area (Å²) in [5.74, 6) is 0. The monoisotopic (exact) mass is 247 g/mol. The van der Waals surface area contributed by atoms with Crippen LogP contribution in [0.3, 0.4) is 0 Å². The van der Waals surface area contributed by atoms with Gasteiger partial charge in [-0.05, 0) is 18.9 Å². The van der Waals surface area contributed by atoms with Crippen molar-refractivity contribution in [1.82, 2.24) is 4.98 Å². The lowest BCUT2D eigenvalue weighted by atomic mass is 10.1. The topological polar surface area (TPSA) is 42.8 Å². The summed E-state index contributed by atoms with van der Waals surface area (Å²) in [5, 5.41) is 9.19. The van der Waals surface area contributed by atoms with Crippen LogP contribution in [0.4, 0.5) is 5.69 Å². The van der Waals surface area contributed by atoms with Crippen LogP contribution in [-0.4, -0.2) is 18.1 Å². The Hall–Kier alpha value is -1.34. The highest BCUT2D eigenvalue weighted by molar-refractivity contribution is 7.71. The number of nitrogens with zero attached hydrogens (tertiary/aromatic N) is 2. The van der Waals surface area contributed by atoms with E-state index in [-0.39, 0.29) is 0 Å². The highest BCUT2D eigenvalue weighted by Gasteiger charge is 2.13. The zero-order valence-electron chi connectivity index (χ0n) is 9.91. The molecule has 1 saturated heterocycles. The molecule has 2 heterocycles. The predicted octanol–water partition coefficient (Wildman–Crippen LogP) is 3.39. The van der Waals surface area contributed by atoms with Gasteiger partial charge in [-0.1, -0.05) is 31.5 Å². The van der Waals surface area contributed by atoms with Crippen molar-refractivity contribution in [2.45, 2.75) is 32.1 Å². The second-order valence-electron chi connectivity index (χ2n) is 4.43. The minimum atomic E-state index is 0.548. The highest BCUT2D eigenvalue weighted by atomic mass is 32.1. The molecule has 0 radical (unpaired) electrons. The SMILES string of the molecule is N#Cc1c(N2CCCCCCC2)cc[nH]c1=S. The molecule has 17 heavy (non-hydrogen) atoms. The number of H-pyrrole nitrogens is 1. The van der Waals surface area contributed by atoms with Gasteiger partial charge in [0.05, 0.1) is 5.69 Å². The van der Waals surface area contributed by atoms with Crippen LogP contribution >= 0.6 is 12.2 Å². The Labute approximate surface area is 107 Å². The second-order valence-corrected chi connectivity index (χ2v) is 4.84. The third-order valence-electron chi connectivity index (χ3n) is 3.25. The van der Waals surface area contributed by atoms with Gasteiger partial charge in [0.25, 0.3) is 0 Å². The lowest BCUT2D eigenvalue weighted by Crippen LogP contribution is -2.27. The summed E-state index contributed by atoms with van der Waals surface area (Å²) < 4.78 is 0.548. The fourth-order valence-corrected chi connectivity index (χ4v) is 2.55. The van der Waals surface area contributed by atoms with Crippen molar-refractivity contribution in [3.05, 3.63) is 22.5 Å². The van der Waals surface area contributed by atoms with E-state index in [0.29, 0.717) is 10.2 Å². The van der Waals surface area contributed by atoms with Crippen LogP contribution in [0, 0.1) is 16.0 Å². The fourth-order valence-electron chi connectivity index (χ4n) is 2.33. The molecule has 1 aromatic rings. The Balaban J connectivity index is 2.28. The number of aromatic amines is 1. The predicted molar refractivity (Wildman–Crippen MR) is 71.6 cm³/mol. The molecular formula is C13H17N3S. The molecule has 0 aliphatic carbocycles. The van der Waals surface area contributed by atoms with Crippen LogP contribution in [0.25, 0.3) is 0 Å². The van der Waals surface area contributed by atoms with Gasteiger partial charge in [0.15, 0.2) is 0 Å². The lowest BCUT2D eigenvalue weighted by Gasteiger charge is -2.27. The van der Waals surface area contributed by atoms with Gasteiger partial charge in [-0.3, -0.25) is 0 Å². The number of hydrogen-bond donors (Lipinski definition) is 1. The highest BCUT2D eigenvalue weighted by Crippen LogP contribution is 2.22. The molecule has 1 aromatic heterocycles. The number of aromatic nitrogens is 1. The van der Waals surface area contributed by atoms with Crippen molar-refractivity contribution in [3.63, 3.8) is 0 Å². The molecule has 90 valence electrons. The van der Waals surface area contributed by atoms with Gasteiger partial charge in [-0.25, -0.2) is 0 Å². The Morgan fingerprint density at radius 3 is 2.47 bits per heavy atom. The van der Waals surface area contributed by atoms with E-state index in [4.69, 9.17) is 12.2 Å². The Kier molecular flexibility index (Phi) is 4.16. The summed E-state index contributed by atoms with van der Waals surface area (Å²) in [5.41, 5.74) is 1.61. The normalized spacial score (nSPS) is 17.0. The molecule has 1 aliphatic rings. The first-order valence-electron chi connectivity index (χ1n) is 6.19. The molecule has 0 unspecified atom stereocenters. The molecule has 0 atom stereocenters. The van der Waals surface area contributed by atoms with E-state index in [1.54, 1.807) is 0 Å². The van der Waals surface area contributed by atoms with Crippen LogP contribution in [-0.2, 0) is 0 Å². The number of pyridine rings is 1. The standard InChI is InChI=1S/C13H17N3S/c14-10-11-12(6-7-15-13(11)17)16-8-4-2-1-3-5-9-16/h6-7H,1-5,8-9H2,(H,15,17). The van der Waals surface area contributed by atoms with Gasteiger partial charge in [0.2, 0.25) is 0 Å². The van der Waals surface area contributed by atoms with Gasteiger partial charge in [0.1, 0.15) is 16.3 Å². The summed E-state index contributed by atoms with van der Waals surface area (Å²) in [6.07, 6.45) is 8.16. The maximum Gasteiger partial charge on any atom is 0.123 e. The van der Waals surface area contributed by atoms with Gasteiger partial charge in [-0.2, -0.15) is 5.26 Å². The van der Waals surface area contributed by atoms with Crippen molar-refractivity contribution in [1.29, 1.82) is 5.26 Å². The first-order chi connectivity index (χ1) is 8.33. The maximum absolute atomic E-state index is 9.19. The van der Waals surface area contributed by atoms with E-state index < -0.39 is 0 Å². The molecule has 0 bridgehead atoms.